The van der Waals surface area contributed by atoms with E-state index in [2.05, 4.69) is 0 Å². The quantitative estimate of drug-likeness (QED) is 0.862. The molecule has 4 nitrogen and oxygen atoms in total. The average molecular weight is 279 g/mol. The molecule has 1 aromatic carbocycles. The molecule has 3 rings (SSSR count). The maximum absolute atomic E-state index is 12.2. The number of hydrogen-bond acceptors (Lipinski definition) is 2. The molecule has 0 saturated heterocycles. The van der Waals surface area contributed by atoms with Gasteiger partial charge in [0.1, 0.15) is 5.75 Å². The lowest BCUT2D eigenvalue weighted by Gasteiger charge is -2.09. The third-order valence-electron chi connectivity index (χ3n) is 3.40. The van der Waals surface area contributed by atoms with Gasteiger partial charge < -0.3 is 4.74 Å². The van der Waals surface area contributed by atoms with Gasteiger partial charge in [-0.25, -0.2) is 4.79 Å². The van der Waals surface area contributed by atoms with Crippen LogP contribution in [0.15, 0.2) is 35.4 Å². The molecule has 0 unspecified atom stereocenters. The first kappa shape index (κ1) is 12.4. The number of rotatable bonds is 4. The Morgan fingerprint density at radius 3 is 2.84 bits per heavy atom. The molecule has 0 atom stereocenters. The van der Waals surface area contributed by atoms with Crippen molar-refractivity contribution in [3.8, 4) is 5.75 Å². The lowest BCUT2D eigenvalue weighted by Crippen LogP contribution is -2.23. The SMILES string of the molecule is COc1ccc(Cl)cc1Cn1ccn(C2CC2)c1=O. The van der Waals surface area contributed by atoms with Crippen molar-refractivity contribution in [1.82, 2.24) is 9.13 Å². The third-order valence-corrected chi connectivity index (χ3v) is 3.63. The molecule has 1 aliphatic rings. The molecule has 1 saturated carbocycles. The summed E-state index contributed by atoms with van der Waals surface area (Å²) in [6, 6.07) is 5.83. The van der Waals surface area contributed by atoms with Gasteiger partial charge in [0.2, 0.25) is 0 Å². The van der Waals surface area contributed by atoms with Gasteiger partial charge in [0.05, 0.1) is 13.7 Å². The number of imidazole rings is 1. The Labute approximate surface area is 116 Å². The molecular formula is C14H15ClN2O2. The Morgan fingerprint density at radius 1 is 1.37 bits per heavy atom. The van der Waals surface area contributed by atoms with E-state index in [0.717, 1.165) is 24.2 Å². The van der Waals surface area contributed by atoms with Crippen molar-refractivity contribution in [1.29, 1.82) is 0 Å². The van der Waals surface area contributed by atoms with Crippen LogP contribution in [-0.4, -0.2) is 16.2 Å². The predicted molar refractivity (Wildman–Crippen MR) is 74.1 cm³/mol. The monoisotopic (exact) mass is 278 g/mol. The summed E-state index contributed by atoms with van der Waals surface area (Å²) in [5.41, 5.74) is 0.940. The number of nitrogens with zero attached hydrogens (tertiary/aromatic N) is 2. The Bertz CT molecular complexity index is 656. The van der Waals surface area contributed by atoms with Crippen LogP contribution in [0.2, 0.25) is 5.02 Å². The van der Waals surface area contributed by atoms with E-state index in [1.54, 1.807) is 22.3 Å². The molecular weight excluding hydrogens is 264 g/mol. The normalized spacial score (nSPS) is 14.6. The van der Waals surface area contributed by atoms with Crippen molar-refractivity contribution >= 4 is 11.6 Å². The number of hydrogen-bond donors (Lipinski definition) is 0. The van der Waals surface area contributed by atoms with E-state index in [9.17, 15) is 4.79 Å². The number of methoxy groups -OCH3 is 1. The number of benzene rings is 1. The molecule has 0 radical (unpaired) electrons. The van der Waals surface area contributed by atoms with Gasteiger partial charge >= 0.3 is 5.69 Å². The minimum Gasteiger partial charge on any atom is -0.496 e. The van der Waals surface area contributed by atoms with Gasteiger partial charge in [-0.15, -0.1) is 0 Å². The second-order valence-electron chi connectivity index (χ2n) is 4.80. The van der Waals surface area contributed by atoms with Crippen LogP contribution >= 0.6 is 11.6 Å². The predicted octanol–water partition coefficient (Wildman–Crippen LogP) is 2.70. The summed E-state index contributed by atoms with van der Waals surface area (Å²) < 4.78 is 8.79. The molecule has 5 heteroatoms. The summed E-state index contributed by atoms with van der Waals surface area (Å²) >= 11 is 6.00. The van der Waals surface area contributed by atoms with Crippen molar-refractivity contribution < 1.29 is 4.74 Å². The summed E-state index contributed by atoms with van der Waals surface area (Å²) in [6.07, 6.45) is 5.88. The van der Waals surface area contributed by atoms with Gasteiger partial charge in [0.25, 0.3) is 0 Å². The molecule has 0 N–H and O–H groups in total. The lowest BCUT2D eigenvalue weighted by atomic mass is 10.2. The lowest BCUT2D eigenvalue weighted by molar-refractivity contribution is 0.408. The van der Waals surface area contributed by atoms with Crippen molar-refractivity contribution in [2.45, 2.75) is 25.4 Å². The van der Waals surface area contributed by atoms with E-state index >= 15 is 0 Å². The van der Waals surface area contributed by atoms with Crippen molar-refractivity contribution in [2.24, 2.45) is 0 Å². The zero-order valence-corrected chi connectivity index (χ0v) is 11.4. The first-order chi connectivity index (χ1) is 9.19. The fourth-order valence-electron chi connectivity index (χ4n) is 2.23. The highest BCUT2D eigenvalue weighted by Crippen LogP contribution is 2.33. The standard InChI is InChI=1S/C14H15ClN2O2/c1-19-13-5-2-11(15)8-10(13)9-16-6-7-17(14(16)18)12-3-4-12/h2,5-8,12H,3-4,9H2,1H3. The summed E-state index contributed by atoms with van der Waals surface area (Å²) in [5, 5.41) is 0.644. The molecule has 0 aliphatic heterocycles. The third kappa shape index (κ3) is 2.40. The van der Waals surface area contributed by atoms with Gasteiger partial charge in [-0.1, -0.05) is 11.6 Å². The van der Waals surface area contributed by atoms with Crippen molar-refractivity contribution in [3.05, 3.63) is 51.7 Å². The highest BCUT2D eigenvalue weighted by atomic mass is 35.5. The van der Waals surface area contributed by atoms with Gasteiger partial charge in [-0.3, -0.25) is 9.13 Å². The first-order valence-electron chi connectivity index (χ1n) is 6.28. The summed E-state index contributed by atoms with van der Waals surface area (Å²) in [6.45, 7) is 0.474. The highest BCUT2D eigenvalue weighted by Gasteiger charge is 2.25. The molecule has 19 heavy (non-hydrogen) atoms. The van der Waals surface area contributed by atoms with Gasteiger partial charge in [-0.05, 0) is 31.0 Å². The topological polar surface area (TPSA) is 36.2 Å². The van der Waals surface area contributed by atoms with E-state index in [4.69, 9.17) is 16.3 Å². The molecule has 1 aliphatic carbocycles. The molecule has 1 heterocycles. The maximum atomic E-state index is 12.2. The Hall–Kier alpha value is -1.68. The summed E-state index contributed by atoms with van der Waals surface area (Å²) in [5.74, 6) is 0.746. The van der Waals surface area contributed by atoms with Crippen LogP contribution in [0.3, 0.4) is 0 Å². The van der Waals surface area contributed by atoms with Crippen LogP contribution in [0, 0.1) is 0 Å². The Balaban J connectivity index is 1.92. The summed E-state index contributed by atoms with van der Waals surface area (Å²) in [7, 11) is 1.62. The zero-order valence-electron chi connectivity index (χ0n) is 10.7. The Morgan fingerprint density at radius 2 is 2.16 bits per heavy atom. The van der Waals surface area contributed by atoms with Crippen LogP contribution in [-0.2, 0) is 6.54 Å². The van der Waals surface area contributed by atoms with Crippen LogP contribution in [0.5, 0.6) is 5.75 Å². The number of aromatic nitrogens is 2. The molecule has 1 aromatic heterocycles. The van der Waals surface area contributed by atoms with E-state index in [1.165, 1.54) is 0 Å². The number of ether oxygens (including phenoxy) is 1. The fourth-order valence-corrected chi connectivity index (χ4v) is 2.43. The van der Waals surface area contributed by atoms with E-state index < -0.39 is 0 Å². The minimum atomic E-state index is 0.0320. The second-order valence-corrected chi connectivity index (χ2v) is 5.24. The smallest absolute Gasteiger partial charge is 0.328 e. The van der Waals surface area contributed by atoms with Gasteiger partial charge in [0, 0.05) is 29.0 Å². The maximum Gasteiger partial charge on any atom is 0.328 e. The van der Waals surface area contributed by atoms with E-state index in [-0.39, 0.29) is 5.69 Å². The van der Waals surface area contributed by atoms with Crippen molar-refractivity contribution in [2.75, 3.05) is 7.11 Å². The number of halogens is 1. The largest absolute Gasteiger partial charge is 0.496 e. The molecule has 0 spiro atoms. The summed E-state index contributed by atoms with van der Waals surface area (Å²) in [4.78, 5) is 12.2. The Kier molecular flexibility index (Phi) is 3.11. The van der Waals surface area contributed by atoms with Gasteiger partial charge in [-0.2, -0.15) is 0 Å². The minimum absolute atomic E-state index is 0.0320. The van der Waals surface area contributed by atoms with Crippen molar-refractivity contribution in [3.63, 3.8) is 0 Å². The highest BCUT2D eigenvalue weighted by molar-refractivity contribution is 6.30. The molecule has 100 valence electrons. The second kappa shape index (κ2) is 4.78. The van der Waals surface area contributed by atoms with Crippen LogP contribution in [0.4, 0.5) is 0 Å². The average Bonchev–Trinajstić information content (AvgIpc) is 3.17. The van der Waals surface area contributed by atoms with E-state index in [1.807, 2.05) is 24.5 Å². The molecule has 2 aromatic rings. The molecule has 0 amide bonds. The zero-order chi connectivity index (χ0) is 13.4. The molecule has 1 fully saturated rings. The first-order valence-corrected chi connectivity index (χ1v) is 6.66. The van der Waals surface area contributed by atoms with Crippen LogP contribution in [0.25, 0.3) is 0 Å². The van der Waals surface area contributed by atoms with E-state index in [0.29, 0.717) is 17.6 Å². The van der Waals surface area contributed by atoms with Crippen LogP contribution < -0.4 is 10.4 Å². The van der Waals surface area contributed by atoms with Crippen LogP contribution in [0.1, 0.15) is 24.4 Å². The molecule has 0 bridgehead atoms. The van der Waals surface area contributed by atoms with Gasteiger partial charge in [0.15, 0.2) is 0 Å². The fraction of sp³-hybridized carbons (Fsp3) is 0.357.